The van der Waals surface area contributed by atoms with Gasteiger partial charge in [0, 0.05) is 0 Å². The first-order chi connectivity index (χ1) is 6.62. The summed E-state index contributed by atoms with van der Waals surface area (Å²) in [4.78, 5) is 0. The summed E-state index contributed by atoms with van der Waals surface area (Å²) in [6.07, 6.45) is 0. The SMILES string of the molecule is CC[O-].CC[O-].Cc1cc[c]([Al+2])cc1. The third-order valence-corrected chi connectivity index (χ3v) is 1.46. The van der Waals surface area contributed by atoms with Crippen LogP contribution in [0.2, 0.25) is 0 Å². The molecule has 0 unspecified atom stereocenters. The van der Waals surface area contributed by atoms with E-state index in [4.69, 9.17) is 10.2 Å². The molecule has 0 aliphatic rings. The number of aryl methyl sites for hydroxylation is 1. The summed E-state index contributed by atoms with van der Waals surface area (Å²) in [5.74, 6) is 0. The van der Waals surface area contributed by atoms with Crippen molar-refractivity contribution in [2.24, 2.45) is 0 Å². The van der Waals surface area contributed by atoms with E-state index in [0.717, 1.165) is 0 Å². The van der Waals surface area contributed by atoms with Crippen LogP contribution in [0.3, 0.4) is 0 Å². The Morgan fingerprint density at radius 3 is 1.50 bits per heavy atom. The summed E-state index contributed by atoms with van der Waals surface area (Å²) in [5.41, 5.74) is 1.32. The van der Waals surface area contributed by atoms with Crippen molar-refractivity contribution >= 4 is 20.7 Å². The molecule has 0 aliphatic carbocycles. The van der Waals surface area contributed by atoms with E-state index in [1.54, 1.807) is 13.8 Å². The van der Waals surface area contributed by atoms with Crippen LogP contribution in [0.15, 0.2) is 24.3 Å². The maximum atomic E-state index is 8.93. The molecule has 0 amide bonds. The Kier molecular flexibility index (Phi) is 14.6. The summed E-state index contributed by atoms with van der Waals surface area (Å²) in [5, 5.41) is 17.9. The number of rotatable bonds is 0. The first kappa shape index (κ1) is 16.1. The van der Waals surface area contributed by atoms with Crippen molar-refractivity contribution in [3.8, 4) is 0 Å². The Morgan fingerprint density at radius 1 is 1.00 bits per heavy atom. The van der Waals surface area contributed by atoms with Crippen molar-refractivity contribution in [3.63, 3.8) is 0 Å². The van der Waals surface area contributed by atoms with Crippen molar-refractivity contribution in [3.05, 3.63) is 29.8 Å². The van der Waals surface area contributed by atoms with Gasteiger partial charge >= 0.3 is 57.5 Å². The molecule has 0 bridgehead atoms. The van der Waals surface area contributed by atoms with Crippen LogP contribution in [-0.4, -0.2) is 29.5 Å². The normalized spacial score (nSPS) is 7.93. The second-order valence-electron chi connectivity index (χ2n) is 2.49. The van der Waals surface area contributed by atoms with E-state index in [2.05, 4.69) is 47.5 Å². The molecule has 1 aromatic rings. The average Bonchev–Trinajstić information content (AvgIpc) is 2.13. The third kappa shape index (κ3) is 14.2. The molecule has 2 nitrogen and oxygen atoms in total. The fourth-order valence-electron chi connectivity index (χ4n) is 0.566. The van der Waals surface area contributed by atoms with E-state index in [-0.39, 0.29) is 13.2 Å². The first-order valence-corrected chi connectivity index (χ1v) is 5.18. The van der Waals surface area contributed by atoms with Gasteiger partial charge in [-0.25, -0.2) is 0 Å². The molecule has 14 heavy (non-hydrogen) atoms. The Labute approximate surface area is 95.0 Å². The molecule has 0 saturated heterocycles. The molecular weight excluding hydrogens is 191 g/mol. The first-order valence-electron chi connectivity index (χ1n) is 4.60. The van der Waals surface area contributed by atoms with Gasteiger partial charge in [0.2, 0.25) is 0 Å². The molecule has 0 spiro atoms. The van der Waals surface area contributed by atoms with Gasteiger partial charge in [0.1, 0.15) is 0 Å². The molecule has 3 heteroatoms. The second kappa shape index (κ2) is 12.7. The molecule has 0 saturated carbocycles. The van der Waals surface area contributed by atoms with Gasteiger partial charge in [0.15, 0.2) is 0 Å². The van der Waals surface area contributed by atoms with Gasteiger partial charge in [-0.1, -0.05) is 13.8 Å². The predicted molar refractivity (Wildman–Crippen MR) is 57.6 cm³/mol. The molecule has 0 N–H and O–H groups in total. The predicted octanol–water partition coefficient (Wildman–Crippen LogP) is -0.478. The van der Waals surface area contributed by atoms with Crippen LogP contribution in [-0.2, 0) is 0 Å². The van der Waals surface area contributed by atoms with Crippen molar-refractivity contribution in [1.82, 2.24) is 0 Å². The van der Waals surface area contributed by atoms with E-state index >= 15 is 0 Å². The topological polar surface area (TPSA) is 46.1 Å². The summed E-state index contributed by atoms with van der Waals surface area (Å²) in [6.45, 7) is 5.23. The molecule has 0 aliphatic heterocycles. The Bertz CT molecular complexity index is 174. The van der Waals surface area contributed by atoms with Gasteiger partial charge in [0.25, 0.3) is 0 Å². The second-order valence-corrected chi connectivity index (χ2v) is 3.15. The fraction of sp³-hybridized carbons (Fsp3) is 0.455. The molecule has 0 aromatic heterocycles. The van der Waals surface area contributed by atoms with Gasteiger partial charge in [-0.3, -0.25) is 0 Å². The summed E-state index contributed by atoms with van der Waals surface area (Å²) in [6, 6.07) is 8.37. The third-order valence-electron chi connectivity index (χ3n) is 1.08. The monoisotopic (exact) mass is 208 g/mol. The number of hydrogen-bond donors (Lipinski definition) is 0. The number of hydrogen-bond acceptors (Lipinski definition) is 2. The molecular formula is C11H17AlO2. The molecule has 0 heterocycles. The minimum atomic E-state index is 0. The van der Waals surface area contributed by atoms with Crippen LogP contribution < -0.4 is 14.6 Å². The van der Waals surface area contributed by atoms with Crippen molar-refractivity contribution in [2.75, 3.05) is 13.2 Å². The Balaban J connectivity index is 0. The standard InChI is InChI=1S/C7H7.2C2H5O.Al/c1-7-5-3-2-4-6-7;2*1-2-3;/h3-6H,1H3;2*2H2,1H3;/q;2*-1;+2. The average molecular weight is 208 g/mol. The van der Waals surface area contributed by atoms with Gasteiger partial charge in [-0.2, -0.15) is 0 Å². The zero-order valence-electron chi connectivity index (χ0n) is 9.12. The van der Waals surface area contributed by atoms with Crippen LogP contribution in [0, 0.1) is 6.92 Å². The zero-order valence-corrected chi connectivity index (χ0v) is 10.3. The summed E-state index contributed by atoms with van der Waals surface area (Å²) < 4.78 is 1.25. The zero-order chi connectivity index (χ0) is 11.4. The maximum absolute atomic E-state index is 8.93. The van der Waals surface area contributed by atoms with Crippen molar-refractivity contribution in [1.29, 1.82) is 0 Å². The van der Waals surface area contributed by atoms with Crippen molar-refractivity contribution < 1.29 is 10.2 Å². The van der Waals surface area contributed by atoms with Crippen LogP contribution in [0.4, 0.5) is 0 Å². The minimum absolute atomic E-state index is 0. The fourth-order valence-corrected chi connectivity index (χ4v) is 0.759. The van der Waals surface area contributed by atoms with Gasteiger partial charge in [-0.15, -0.1) is 13.2 Å². The molecule has 1 aromatic carbocycles. The summed E-state index contributed by atoms with van der Waals surface area (Å²) >= 11 is 2.65. The van der Waals surface area contributed by atoms with E-state index < -0.39 is 0 Å². The molecule has 0 atom stereocenters. The van der Waals surface area contributed by atoms with Gasteiger partial charge < -0.3 is 10.2 Å². The quantitative estimate of drug-likeness (QED) is 0.541. The summed E-state index contributed by atoms with van der Waals surface area (Å²) in [7, 11) is 0. The number of benzene rings is 1. The molecule has 0 fully saturated rings. The van der Waals surface area contributed by atoms with E-state index in [9.17, 15) is 0 Å². The Morgan fingerprint density at radius 2 is 1.29 bits per heavy atom. The van der Waals surface area contributed by atoms with E-state index in [1.165, 1.54) is 9.99 Å². The van der Waals surface area contributed by atoms with Crippen LogP contribution in [0.25, 0.3) is 0 Å². The Hall–Kier alpha value is -0.328. The van der Waals surface area contributed by atoms with Gasteiger partial charge in [0.05, 0.1) is 0 Å². The van der Waals surface area contributed by atoms with Crippen LogP contribution in [0.1, 0.15) is 19.4 Å². The van der Waals surface area contributed by atoms with Gasteiger partial charge in [-0.05, 0) is 0 Å². The van der Waals surface area contributed by atoms with E-state index in [1.807, 2.05) is 0 Å². The van der Waals surface area contributed by atoms with Crippen LogP contribution in [0.5, 0.6) is 0 Å². The van der Waals surface area contributed by atoms with E-state index in [0.29, 0.717) is 0 Å². The molecule has 1 rings (SSSR count). The molecule has 0 radical (unpaired) electrons. The van der Waals surface area contributed by atoms with Crippen LogP contribution >= 0.6 is 0 Å². The molecule has 76 valence electrons. The van der Waals surface area contributed by atoms with Crippen molar-refractivity contribution in [2.45, 2.75) is 20.8 Å².